The van der Waals surface area contributed by atoms with Crippen LogP contribution < -0.4 is 15.0 Å². The van der Waals surface area contributed by atoms with Crippen LogP contribution in [-0.2, 0) is 4.79 Å². The van der Waals surface area contributed by atoms with Crippen LogP contribution >= 0.6 is 0 Å². The smallest absolute Gasteiger partial charge is 0.258 e. The normalized spacial score (nSPS) is 24.6. The number of carbonyl (C=O) groups is 1. The van der Waals surface area contributed by atoms with Crippen molar-refractivity contribution in [2.45, 2.75) is 64.8 Å². The fraction of sp³-hybridized carbons (Fsp3) is 0.625. The van der Waals surface area contributed by atoms with E-state index in [0.29, 0.717) is 31.0 Å². The molecule has 6 nitrogen and oxygen atoms in total. The molecule has 0 spiro atoms. The number of ether oxygens (including phenoxy) is 1. The minimum atomic E-state index is -0.0137. The summed E-state index contributed by atoms with van der Waals surface area (Å²) >= 11 is 0. The maximum atomic E-state index is 13.1. The van der Waals surface area contributed by atoms with Crippen molar-refractivity contribution in [1.82, 2.24) is 15.3 Å². The highest BCUT2D eigenvalue weighted by atomic mass is 16.5. The van der Waals surface area contributed by atoms with Crippen LogP contribution in [-0.4, -0.2) is 41.6 Å². The van der Waals surface area contributed by atoms with Gasteiger partial charge in [0.1, 0.15) is 0 Å². The summed E-state index contributed by atoms with van der Waals surface area (Å²) < 4.78 is 5.96. The molecule has 2 aromatic rings. The van der Waals surface area contributed by atoms with E-state index in [2.05, 4.69) is 24.1 Å². The van der Waals surface area contributed by atoms with Gasteiger partial charge in [-0.1, -0.05) is 38.8 Å². The lowest BCUT2D eigenvalue weighted by Crippen LogP contribution is -2.48. The molecule has 1 aromatic heterocycles. The van der Waals surface area contributed by atoms with E-state index in [0.717, 1.165) is 49.1 Å². The third-order valence-electron chi connectivity index (χ3n) is 6.50. The molecule has 1 aliphatic heterocycles. The zero-order chi connectivity index (χ0) is 20.9. The van der Waals surface area contributed by atoms with Gasteiger partial charge in [-0.3, -0.25) is 4.79 Å². The summed E-state index contributed by atoms with van der Waals surface area (Å²) in [5.41, 5.74) is 1.70. The summed E-state index contributed by atoms with van der Waals surface area (Å²) in [5, 5.41) is 3.36. The van der Waals surface area contributed by atoms with Crippen LogP contribution in [0.1, 0.15) is 58.8 Å². The Morgan fingerprint density at radius 1 is 1.13 bits per heavy atom. The Hall–Kier alpha value is -2.37. The molecule has 0 unspecified atom stereocenters. The van der Waals surface area contributed by atoms with Crippen molar-refractivity contribution in [2.24, 2.45) is 11.8 Å². The molecular weight excluding hydrogens is 376 g/mol. The van der Waals surface area contributed by atoms with Crippen molar-refractivity contribution >= 4 is 22.8 Å². The molecule has 2 aliphatic rings. The predicted octanol–water partition coefficient (Wildman–Crippen LogP) is 4.33. The van der Waals surface area contributed by atoms with Gasteiger partial charge in [-0.05, 0) is 50.2 Å². The topological polar surface area (TPSA) is 67.4 Å². The summed E-state index contributed by atoms with van der Waals surface area (Å²) in [5.74, 6) is 2.11. The van der Waals surface area contributed by atoms with Crippen LogP contribution in [0, 0.1) is 11.8 Å². The fourth-order valence-corrected chi connectivity index (χ4v) is 4.69. The second-order valence-corrected chi connectivity index (χ2v) is 8.85. The zero-order valence-corrected chi connectivity index (χ0v) is 18.3. The van der Waals surface area contributed by atoms with Crippen molar-refractivity contribution in [3.63, 3.8) is 0 Å². The number of carbonyl (C=O) groups excluding carboxylic acids is 1. The van der Waals surface area contributed by atoms with Gasteiger partial charge in [0.15, 0.2) is 5.82 Å². The van der Waals surface area contributed by atoms with Crippen LogP contribution in [0.25, 0.3) is 11.0 Å². The van der Waals surface area contributed by atoms with Gasteiger partial charge in [-0.2, -0.15) is 0 Å². The van der Waals surface area contributed by atoms with E-state index in [4.69, 9.17) is 14.7 Å². The monoisotopic (exact) mass is 410 g/mol. The fourth-order valence-electron chi connectivity index (χ4n) is 4.69. The molecule has 1 saturated heterocycles. The van der Waals surface area contributed by atoms with Crippen molar-refractivity contribution in [3.8, 4) is 5.88 Å². The molecule has 2 heterocycles. The number of aromatic nitrogens is 2. The molecule has 3 atom stereocenters. The molecule has 0 bridgehead atoms. The summed E-state index contributed by atoms with van der Waals surface area (Å²) in [7, 11) is 0. The second kappa shape index (κ2) is 9.63. The number of amides is 1. The van der Waals surface area contributed by atoms with E-state index in [1.54, 1.807) is 0 Å². The minimum absolute atomic E-state index is 0.0137. The minimum Gasteiger partial charge on any atom is -0.475 e. The number of benzene rings is 1. The highest BCUT2D eigenvalue weighted by molar-refractivity contribution is 5.81. The first-order valence-corrected chi connectivity index (χ1v) is 11.6. The Morgan fingerprint density at radius 2 is 1.90 bits per heavy atom. The average Bonchev–Trinajstić information content (AvgIpc) is 2.78. The Bertz CT molecular complexity index is 871. The largest absolute Gasteiger partial charge is 0.475 e. The number of hydrogen-bond acceptors (Lipinski definition) is 5. The second-order valence-electron chi connectivity index (χ2n) is 8.85. The summed E-state index contributed by atoms with van der Waals surface area (Å²) in [6, 6.07) is 8.21. The van der Waals surface area contributed by atoms with Crippen LogP contribution in [0.5, 0.6) is 5.88 Å². The molecule has 6 heteroatoms. The lowest BCUT2D eigenvalue weighted by Gasteiger charge is -2.35. The van der Waals surface area contributed by atoms with Crippen molar-refractivity contribution in [3.05, 3.63) is 24.3 Å². The molecule has 1 aromatic carbocycles. The van der Waals surface area contributed by atoms with Gasteiger partial charge in [-0.15, -0.1) is 0 Å². The van der Waals surface area contributed by atoms with E-state index < -0.39 is 0 Å². The molecule has 2 fully saturated rings. The lowest BCUT2D eigenvalue weighted by atomic mass is 9.85. The van der Waals surface area contributed by atoms with E-state index >= 15 is 0 Å². The Balaban J connectivity index is 1.52. The maximum Gasteiger partial charge on any atom is 0.258 e. The van der Waals surface area contributed by atoms with Gasteiger partial charge in [0.25, 0.3) is 5.88 Å². The third kappa shape index (κ3) is 4.68. The first-order chi connectivity index (χ1) is 14.7. The number of rotatable bonds is 6. The van der Waals surface area contributed by atoms with Crippen LogP contribution in [0.15, 0.2) is 24.3 Å². The van der Waals surface area contributed by atoms with E-state index in [-0.39, 0.29) is 11.8 Å². The number of para-hydroxylation sites is 2. The molecule has 1 saturated carbocycles. The standard InChI is InChI=1S/C24H34N4O2/c1-3-15-30-24-22(25-20-12-6-7-13-21(20)27-24)28-14-8-10-18(16-28)23(29)26-19-11-5-4-9-17(19)2/h6-7,12-13,17-19H,3-5,8-11,14-16H2,1-2H3,(H,26,29)/t17-,18-,19-/m0/s1. The van der Waals surface area contributed by atoms with Gasteiger partial charge in [0.2, 0.25) is 5.91 Å². The van der Waals surface area contributed by atoms with Crippen molar-refractivity contribution in [2.75, 3.05) is 24.6 Å². The Morgan fingerprint density at radius 3 is 2.67 bits per heavy atom. The first-order valence-electron chi connectivity index (χ1n) is 11.6. The number of fused-ring (bicyclic) bond motifs is 1. The quantitative estimate of drug-likeness (QED) is 0.768. The van der Waals surface area contributed by atoms with Crippen molar-refractivity contribution in [1.29, 1.82) is 0 Å². The summed E-state index contributed by atoms with van der Waals surface area (Å²) in [4.78, 5) is 24.9. The van der Waals surface area contributed by atoms with Crippen molar-refractivity contribution < 1.29 is 9.53 Å². The molecule has 162 valence electrons. The number of nitrogens with one attached hydrogen (secondary N) is 1. The van der Waals surface area contributed by atoms with Gasteiger partial charge in [-0.25, -0.2) is 9.97 Å². The summed E-state index contributed by atoms with van der Waals surface area (Å²) in [6.45, 7) is 6.50. The number of nitrogens with zero attached hydrogens (tertiary/aromatic N) is 3. The number of piperidine rings is 1. The molecular formula is C24H34N4O2. The van der Waals surface area contributed by atoms with Gasteiger partial charge in [0, 0.05) is 19.1 Å². The van der Waals surface area contributed by atoms with E-state index in [9.17, 15) is 4.79 Å². The summed E-state index contributed by atoms with van der Waals surface area (Å²) in [6.07, 6.45) is 7.64. The van der Waals surface area contributed by atoms with Gasteiger partial charge >= 0.3 is 0 Å². The van der Waals surface area contributed by atoms with Gasteiger partial charge in [0.05, 0.1) is 23.6 Å². The van der Waals surface area contributed by atoms with E-state index in [1.165, 1.54) is 19.3 Å². The predicted molar refractivity (Wildman–Crippen MR) is 120 cm³/mol. The van der Waals surface area contributed by atoms with Gasteiger partial charge < -0.3 is 15.0 Å². The number of hydrogen-bond donors (Lipinski definition) is 1. The van der Waals surface area contributed by atoms with Crippen LogP contribution in [0.3, 0.4) is 0 Å². The molecule has 30 heavy (non-hydrogen) atoms. The highest BCUT2D eigenvalue weighted by Gasteiger charge is 2.31. The van der Waals surface area contributed by atoms with Crippen LogP contribution in [0.4, 0.5) is 5.82 Å². The third-order valence-corrected chi connectivity index (χ3v) is 6.50. The number of anilines is 1. The lowest BCUT2D eigenvalue weighted by molar-refractivity contribution is -0.126. The Kier molecular flexibility index (Phi) is 6.70. The molecule has 4 rings (SSSR count). The molecule has 1 amide bonds. The van der Waals surface area contributed by atoms with Crippen LogP contribution in [0.2, 0.25) is 0 Å². The van der Waals surface area contributed by atoms with E-state index in [1.807, 2.05) is 24.3 Å². The first kappa shape index (κ1) is 20.9. The Labute approximate surface area is 179 Å². The zero-order valence-electron chi connectivity index (χ0n) is 18.3. The highest BCUT2D eigenvalue weighted by Crippen LogP contribution is 2.31. The average molecular weight is 411 g/mol. The molecule has 1 N–H and O–H groups in total. The molecule has 1 aliphatic carbocycles. The molecule has 0 radical (unpaired) electrons. The SMILES string of the molecule is CCCOc1nc2ccccc2nc1N1CCC[C@H](C(=O)N[C@H]2CCCC[C@@H]2C)C1. The maximum absolute atomic E-state index is 13.1.